The molecule has 1 saturated heterocycles. The first-order valence-corrected chi connectivity index (χ1v) is 9.74. The minimum atomic E-state index is -3.51. The van der Waals surface area contributed by atoms with Crippen molar-refractivity contribution in [2.24, 2.45) is 11.3 Å². The molecule has 1 amide bonds. The zero-order chi connectivity index (χ0) is 18.4. The number of carbonyl (C=O) groups excluding carboxylic acids is 2. The number of ether oxygens (including phenoxy) is 2. The Morgan fingerprint density at radius 1 is 1.36 bits per heavy atom. The fourth-order valence-electron chi connectivity index (χ4n) is 4.18. The monoisotopic (exact) mass is 373 g/mol. The summed E-state index contributed by atoms with van der Waals surface area (Å²) in [5.74, 6) is -0.894. The normalized spacial score (nSPS) is 37.0. The molecule has 3 aliphatic rings. The maximum atomic E-state index is 12.0. The summed E-state index contributed by atoms with van der Waals surface area (Å²) in [6.45, 7) is 7.02. The van der Waals surface area contributed by atoms with Gasteiger partial charge in [0.25, 0.3) is 10.1 Å². The Hall–Kier alpha value is -1.45. The van der Waals surface area contributed by atoms with Crippen molar-refractivity contribution in [2.75, 3.05) is 19.8 Å². The molecule has 0 radical (unpaired) electrons. The van der Waals surface area contributed by atoms with E-state index in [1.807, 2.05) is 6.92 Å². The molecule has 0 aromatic heterocycles. The summed E-state index contributed by atoms with van der Waals surface area (Å²) in [6, 6.07) is 0. The van der Waals surface area contributed by atoms with Crippen molar-refractivity contribution in [3.63, 3.8) is 0 Å². The lowest BCUT2D eigenvalue weighted by atomic mass is 9.82. The van der Waals surface area contributed by atoms with Gasteiger partial charge in [0.05, 0.1) is 17.9 Å². The van der Waals surface area contributed by atoms with E-state index in [0.29, 0.717) is 12.0 Å². The van der Waals surface area contributed by atoms with Crippen LogP contribution in [-0.4, -0.2) is 57.5 Å². The summed E-state index contributed by atoms with van der Waals surface area (Å²) in [5, 5.41) is 2.16. The molecule has 9 heteroatoms. The Kier molecular flexibility index (Phi) is 4.67. The highest BCUT2D eigenvalue weighted by molar-refractivity contribution is 7.87. The van der Waals surface area contributed by atoms with Crippen LogP contribution in [0.5, 0.6) is 0 Å². The second kappa shape index (κ2) is 6.37. The topological polar surface area (TPSA) is 108 Å². The molecule has 2 saturated carbocycles. The average molecular weight is 373 g/mol. The van der Waals surface area contributed by atoms with E-state index in [1.165, 1.54) is 0 Å². The van der Waals surface area contributed by atoms with Crippen LogP contribution < -0.4 is 5.32 Å². The molecule has 0 spiro atoms. The van der Waals surface area contributed by atoms with Crippen LogP contribution in [0.25, 0.3) is 0 Å². The minimum Gasteiger partial charge on any atom is -0.460 e. The van der Waals surface area contributed by atoms with Crippen LogP contribution in [0, 0.1) is 11.3 Å². The molecule has 1 aliphatic heterocycles. The number of fused-ring (bicyclic) bond motifs is 1. The summed E-state index contributed by atoms with van der Waals surface area (Å²) < 4.78 is 39.8. The lowest BCUT2D eigenvalue weighted by Gasteiger charge is -2.32. The number of nitrogens with one attached hydrogen (secondary N) is 1. The number of hydrogen-bond acceptors (Lipinski definition) is 7. The van der Waals surface area contributed by atoms with E-state index in [9.17, 15) is 18.0 Å². The van der Waals surface area contributed by atoms with Gasteiger partial charge >= 0.3 is 5.97 Å². The summed E-state index contributed by atoms with van der Waals surface area (Å²) >= 11 is 0. The van der Waals surface area contributed by atoms with Crippen LogP contribution >= 0.6 is 0 Å². The second-order valence-corrected chi connectivity index (χ2v) is 9.10. The zero-order valence-electron chi connectivity index (χ0n) is 14.3. The molecular weight excluding hydrogens is 350 g/mol. The summed E-state index contributed by atoms with van der Waals surface area (Å²) in [6.07, 6.45) is 0.362. The molecule has 2 aliphatic carbocycles. The predicted octanol–water partition coefficient (Wildman–Crippen LogP) is 0.134. The molecule has 1 heterocycles. The van der Waals surface area contributed by atoms with Crippen molar-refractivity contribution < 1.29 is 31.7 Å². The molecule has 0 aromatic rings. The van der Waals surface area contributed by atoms with E-state index in [4.69, 9.17) is 13.7 Å². The minimum absolute atomic E-state index is 0.0374. The number of esters is 1. The first-order chi connectivity index (χ1) is 11.6. The highest BCUT2D eigenvalue weighted by Crippen LogP contribution is 2.61. The Balaban J connectivity index is 1.44. The van der Waals surface area contributed by atoms with Crippen molar-refractivity contribution >= 4 is 22.0 Å². The van der Waals surface area contributed by atoms with Crippen molar-refractivity contribution in [1.82, 2.24) is 5.32 Å². The van der Waals surface area contributed by atoms with Crippen molar-refractivity contribution in [3.8, 4) is 0 Å². The van der Waals surface area contributed by atoms with Gasteiger partial charge in [-0.2, -0.15) is 8.42 Å². The van der Waals surface area contributed by atoms with Gasteiger partial charge in [0.2, 0.25) is 5.91 Å². The van der Waals surface area contributed by atoms with Gasteiger partial charge in [0.15, 0.2) is 0 Å². The number of amides is 1. The quantitative estimate of drug-likeness (QED) is 0.292. The number of rotatable bonds is 7. The van der Waals surface area contributed by atoms with Gasteiger partial charge in [0.1, 0.15) is 19.3 Å². The predicted molar refractivity (Wildman–Crippen MR) is 86.9 cm³/mol. The molecule has 3 rings (SSSR count). The first kappa shape index (κ1) is 18.3. The maximum Gasteiger partial charge on any atom is 0.333 e. The third kappa shape index (κ3) is 3.32. The van der Waals surface area contributed by atoms with Crippen LogP contribution in [0.4, 0.5) is 0 Å². The van der Waals surface area contributed by atoms with Crippen LogP contribution in [0.1, 0.15) is 26.7 Å². The number of hydrogen-bond donors (Lipinski definition) is 1. The molecule has 2 bridgehead atoms. The third-order valence-corrected chi connectivity index (χ3v) is 7.02. The van der Waals surface area contributed by atoms with Crippen molar-refractivity contribution in [1.29, 1.82) is 0 Å². The van der Waals surface area contributed by atoms with Gasteiger partial charge in [-0.15, -0.1) is 0 Å². The standard InChI is InChI=1S/C16H23NO7S/c1-9(2)15(19)22-5-4-17-12(18)8-23-14-13-10-6-16(14,3)7-11(10)25(20,21)24-13/h10-11,13-14H,1,4-8H2,2-3H3,(H,17,18). The summed E-state index contributed by atoms with van der Waals surface area (Å²) in [7, 11) is -3.51. The van der Waals surface area contributed by atoms with Crippen LogP contribution in [0.2, 0.25) is 0 Å². The largest absolute Gasteiger partial charge is 0.460 e. The summed E-state index contributed by atoms with van der Waals surface area (Å²) in [4.78, 5) is 23.1. The van der Waals surface area contributed by atoms with Crippen LogP contribution in [-0.2, 0) is 33.4 Å². The Bertz CT molecular complexity index is 703. The SMILES string of the molecule is C=C(C)C(=O)OCCNC(=O)COC1C2OS(=O)(=O)C3CC1(C)CC23. The fourth-order valence-corrected chi connectivity index (χ4v) is 6.14. The van der Waals surface area contributed by atoms with Gasteiger partial charge in [-0.3, -0.25) is 8.98 Å². The van der Waals surface area contributed by atoms with E-state index in [2.05, 4.69) is 11.9 Å². The molecule has 5 atom stereocenters. The van der Waals surface area contributed by atoms with Gasteiger partial charge in [-0.1, -0.05) is 13.5 Å². The second-order valence-electron chi connectivity index (χ2n) is 7.32. The highest BCUT2D eigenvalue weighted by Gasteiger charge is 2.69. The molecule has 5 unspecified atom stereocenters. The van der Waals surface area contributed by atoms with E-state index >= 15 is 0 Å². The van der Waals surface area contributed by atoms with Gasteiger partial charge < -0.3 is 14.8 Å². The van der Waals surface area contributed by atoms with E-state index in [0.717, 1.165) is 6.42 Å². The highest BCUT2D eigenvalue weighted by atomic mass is 32.2. The molecule has 25 heavy (non-hydrogen) atoms. The van der Waals surface area contributed by atoms with Crippen LogP contribution in [0.3, 0.4) is 0 Å². The molecular formula is C16H23NO7S. The lowest BCUT2D eigenvalue weighted by molar-refractivity contribution is -0.140. The van der Waals surface area contributed by atoms with Crippen LogP contribution in [0.15, 0.2) is 12.2 Å². The number of carbonyl (C=O) groups is 2. The van der Waals surface area contributed by atoms with E-state index in [-0.39, 0.29) is 37.0 Å². The Morgan fingerprint density at radius 2 is 2.08 bits per heavy atom. The van der Waals surface area contributed by atoms with Crippen molar-refractivity contribution in [3.05, 3.63) is 12.2 Å². The molecule has 140 valence electrons. The third-order valence-electron chi connectivity index (χ3n) is 5.27. The smallest absolute Gasteiger partial charge is 0.333 e. The maximum absolute atomic E-state index is 12.0. The molecule has 1 N–H and O–H groups in total. The fraction of sp³-hybridized carbons (Fsp3) is 0.750. The van der Waals surface area contributed by atoms with Gasteiger partial charge in [0, 0.05) is 11.5 Å². The molecule has 8 nitrogen and oxygen atoms in total. The summed E-state index contributed by atoms with van der Waals surface area (Å²) in [5.41, 5.74) is 0.0185. The Labute approximate surface area is 147 Å². The van der Waals surface area contributed by atoms with E-state index in [1.54, 1.807) is 6.92 Å². The molecule has 3 fully saturated rings. The first-order valence-electron chi connectivity index (χ1n) is 8.27. The van der Waals surface area contributed by atoms with Crippen molar-refractivity contribution in [2.45, 2.75) is 44.1 Å². The zero-order valence-corrected chi connectivity index (χ0v) is 15.1. The lowest BCUT2D eigenvalue weighted by Crippen LogP contribution is -2.43. The van der Waals surface area contributed by atoms with Gasteiger partial charge in [-0.05, 0) is 25.2 Å². The molecule has 0 aromatic carbocycles. The van der Waals surface area contributed by atoms with E-state index < -0.39 is 33.5 Å². The van der Waals surface area contributed by atoms with Gasteiger partial charge in [-0.25, -0.2) is 4.79 Å². The Morgan fingerprint density at radius 3 is 2.76 bits per heavy atom. The average Bonchev–Trinajstić information content (AvgIpc) is 3.05.